The number of carbonyl (C=O) groups excluding carboxylic acids is 1. The number of ether oxygens (including phenoxy) is 1. The number of hydrogen-bond donors (Lipinski definition) is 1. The molecule has 5 heteroatoms. The fourth-order valence-corrected chi connectivity index (χ4v) is 2.65. The molecule has 98 valence electrons. The molecule has 1 aliphatic heterocycles. The summed E-state index contributed by atoms with van der Waals surface area (Å²) >= 11 is 0. The van der Waals surface area contributed by atoms with E-state index in [1.807, 2.05) is 6.07 Å². The van der Waals surface area contributed by atoms with Crippen LogP contribution in [0.3, 0.4) is 0 Å². The second-order valence-corrected chi connectivity index (χ2v) is 11.5. The van der Waals surface area contributed by atoms with E-state index in [2.05, 4.69) is 29.9 Å². The van der Waals surface area contributed by atoms with Gasteiger partial charge in [-0.15, -0.1) is 0 Å². The second-order valence-electron chi connectivity index (χ2n) is 5.84. The van der Waals surface area contributed by atoms with Gasteiger partial charge in [-0.25, -0.2) is 0 Å². The Morgan fingerprint density at radius 2 is 2.22 bits per heavy atom. The predicted molar refractivity (Wildman–Crippen MR) is 73.2 cm³/mol. The van der Waals surface area contributed by atoms with Crippen LogP contribution in [-0.4, -0.2) is 25.6 Å². The van der Waals surface area contributed by atoms with E-state index in [1.54, 1.807) is 6.20 Å². The van der Waals surface area contributed by atoms with Crippen LogP contribution in [0.25, 0.3) is 0 Å². The molecule has 1 aliphatic rings. The van der Waals surface area contributed by atoms with Crippen molar-refractivity contribution in [2.45, 2.75) is 38.8 Å². The van der Waals surface area contributed by atoms with E-state index in [-0.39, 0.29) is 5.91 Å². The van der Waals surface area contributed by atoms with Crippen molar-refractivity contribution in [3.63, 3.8) is 0 Å². The lowest BCUT2D eigenvalue weighted by Crippen LogP contribution is -2.21. The number of pyridine rings is 1. The summed E-state index contributed by atoms with van der Waals surface area (Å²) in [5, 5.41) is 2.79. The SMILES string of the molecule is C[Si](C)(C)CCOCc1ccnc2c1C(=O)NC2. The lowest BCUT2D eigenvalue weighted by Gasteiger charge is -2.15. The van der Waals surface area contributed by atoms with E-state index in [9.17, 15) is 4.79 Å². The van der Waals surface area contributed by atoms with Gasteiger partial charge in [0.05, 0.1) is 24.4 Å². The van der Waals surface area contributed by atoms with Gasteiger partial charge in [-0.2, -0.15) is 0 Å². The smallest absolute Gasteiger partial charge is 0.253 e. The Morgan fingerprint density at radius 3 is 2.94 bits per heavy atom. The summed E-state index contributed by atoms with van der Waals surface area (Å²) in [7, 11) is -1.05. The monoisotopic (exact) mass is 264 g/mol. The van der Waals surface area contributed by atoms with Gasteiger partial charge < -0.3 is 10.1 Å². The summed E-state index contributed by atoms with van der Waals surface area (Å²) in [5.74, 6) is -0.0260. The first kappa shape index (κ1) is 13.2. The molecule has 0 radical (unpaired) electrons. The topological polar surface area (TPSA) is 51.2 Å². The highest BCUT2D eigenvalue weighted by Crippen LogP contribution is 2.18. The summed E-state index contributed by atoms with van der Waals surface area (Å²) in [4.78, 5) is 15.9. The van der Waals surface area contributed by atoms with E-state index in [0.29, 0.717) is 18.7 Å². The summed E-state index contributed by atoms with van der Waals surface area (Å²) in [6.07, 6.45) is 1.75. The highest BCUT2D eigenvalue weighted by atomic mass is 28.3. The van der Waals surface area contributed by atoms with Crippen molar-refractivity contribution in [3.05, 3.63) is 29.1 Å². The Kier molecular flexibility index (Phi) is 3.82. The van der Waals surface area contributed by atoms with Crippen LogP contribution in [0.1, 0.15) is 21.6 Å². The first-order valence-corrected chi connectivity index (χ1v) is 10.0. The number of nitrogens with one attached hydrogen (secondary N) is 1. The fourth-order valence-electron chi connectivity index (χ4n) is 1.89. The van der Waals surface area contributed by atoms with Gasteiger partial charge in [-0.3, -0.25) is 9.78 Å². The van der Waals surface area contributed by atoms with Crippen LogP contribution in [0.5, 0.6) is 0 Å². The number of rotatable bonds is 5. The van der Waals surface area contributed by atoms with Crippen LogP contribution in [0.4, 0.5) is 0 Å². The Bertz CT molecular complexity index is 455. The molecule has 2 heterocycles. The molecule has 0 aliphatic carbocycles. The largest absolute Gasteiger partial charge is 0.377 e. The van der Waals surface area contributed by atoms with E-state index in [4.69, 9.17) is 4.74 Å². The third-order valence-corrected chi connectivity index (χ3v) is 4.72. The molecule has 0 aromatic carbocycles. The third kappa shape index (κ3) is 3.17. The minimum Gasteiger partial charge on any atom is -0.377 e. The molecule has 2 rings (SSSR count). The molecule has 0 spiro atoms. The standard InChI is InChI=1S/C13H20N2O2Si/c1-18(2,3)7-6-17-9-10-4-5-14-11-8-15-13(16)12(10)11/h4-5H,6-9H2,1-3H3,(H,15,16). The normalized spacial score (nSPS) is 14.5. The quantitative estimate of drug-likeness (QED) is 0.655. The Labute approximate surface area is 109 Å². The lowest BCUT2D eigenvalue weighted by molar-refractivity contribution is 0.0956. The van der Waals surface area contributed by atoms with Crippen LogP contribution >= 0.6 is 0 Å². The summed E-state index contributed by atoms with van der Waals surface area (Å²) < 4.78 is 5.70. The van der Waals surface area contributed by atoms with Gasteiger partial charge in [0, 0.05) is 20.9 Å². The van der Waals surface area contributed by atoms with Crippen LogP contribution in [0, 0.1) is 0 Å². The molecule has 0 atom stereocenters. The molecule has 1 N–H and O–H groups in total. The highest BCUT2D eigenvalue weighted by molar-refractivity contribution is 6.76. The molecule has 0 bridgehead atoms. The van der Waals surface area contributed by atoms with Gasteiger partial charge in [-0.1, -0.05) is 19.6 Å². The van der Waals surface area contributed by atoms with Crippen molar-refractivity contribution in [2.24, 2.45) is 0 Å². The van der Waals surface area contributed by atoms with E-state index >= 15 is 0 Å². The molecule has 0 saturated heterocycles. The first-order chi connectivity index (χ1) is 8.47. The molecular weight excluding hydrogens is 244 g/mol. The molecule has 0 fully saturated rings. The van der Waals surface area contributed by atoms with Crippen molar-refractivity contribution >= 4 is 14.0 Å². The molecule has 4 nitrogen and oxygen atoms in total. The number of amides is 1. The van der Waals surface area contributed by atoms with Gasteiger partial charge in [0.2, 0.25) is 0 Å². The number of fused-ring (bicyclic) bond motifs is 1. The van der Waals surface area contributed by atoms with Crippen molar-refractivity contribution in [1.29, 1.82) is 0 Å². The lowest BCUT2D eigenvalue weighted by atomic mass is 10.1. The molecule has 1 amide bonds. The summed E-state index contributed by atoms with van der Waals surface area (Å²) in [5.41, 5.74) is 2.50. The van der Waals surface area contributed by atoms with Crippen LogP contribution in [0.2, 0.25) is 25.7 Å². The minimum atomic E-state index is -1.05. The Morgan fingerprint density at radius 1 is 1.44 bits per heavy atom. The first-order valence-electron chi connectivity index (χ1n) is 6.30. The molecular formula is C13H20N2O2Si. The number of carbonyl (C=O) groups is 1. The van der Waals surface area contributed by atoms with E-state index in [0.717, 1.165) is 23.9 Å². The fraction of sp³-hybridized carbons (Fsp3) is 0.538. The zero-order valence-electron chi connectivity index (χ0n) is 11.2. The zero-order valence-corrected chi connectivity index (χ0v) is 12.2. The zero-order chi connectivity index (χ0) is 13.2. The van der Waals surface area contributed by atoms with Crippen LogP contribution in [0.15, 0.2) is 12.3 Å². The van der Waals surface area contributed by atoms with Gasteiger partial charge in [0.1, 0.15) is 0 Å². The third-order valence-electron chi connectivity index (χ3n) is 3.01. The van der Waals surface area contributed by atoms with Gasteiger partial charge >= 0.3 is 0 Å². The summed E-state index contributed by atoms with van der Waals surface area (Å²) in [6.45, 7) is 8.80. The van der Waals surface area contributed by atoms with Crippen LogP contribution in [-0.2, 0) is 17.9 Å². The van der Waals surface area contributed by atoms with Crippen molar-refractivity contribution in [1.82, 2.24) is 10.3 Å². The van der Waals surface area contributed by atoms with Crippen LogP contribution < -0.4 is 5.32 Å². The number of hydrogen-bond acceptors (Lipinski definition) is 3. The average molecular weight is 264 g/mol. The Hall–Kier alpha value is -1.20. The van der Waals surface area contributed by atoms with Gasteiger partial charge in [0.25, 0.3) is 5.91 Å². The highest BCUT2D eigenvalue weighted by Gasteiger charge is 2.23. The predicted octanol–water partition coefficient (Wildman–Crippen LogP) is 2.18. The van der Waals surface area contributed by atoms with E-state index < -0.39 is 8.07 Å². The maximum absolute atomic E-state index is 11.7. The minimum absolute atomic E-state index is 0.0260. The molecule has 0 unspecified atom stereocenters. The van der Waals surface area contributed by atoms with Gasteiger partial charge in [0.15, 0.2) is 0 Å². The summed E-state index contributed by atoms with van der Waals surface area (Å²) in [6, 6.07) is 3.02. The van der Waals surface area contributed by atoms with Crippen molar-refractivity contribution in [2.75, 3.05) is 6.61 Å². The average Bonchev–Trinajstić information content (AvgIpc) is 2.66. The maximum Gasteiger partial charge on any atom is 0.253 e. The number of nitrogens with zero attached hydrogens (tertiary/aromatic N) is 1. The van der Waals surface area contributed by atoms with Crippen molar-refractivity contribution in [3.8, 4) is 0 Å². The number of aromatic nitrogens is 1. The molecule has 18 heavy (non-hydrogen) atoms. The van der Waals surface area contributed by atoms with Crippen molar-refractivity contribution < 1.29 is 9.53 Å². The van der Waals surface area contributed by atoms with E-state index in [1.165, 1.54) is 0 Å². The molecule has 1 aromatic rings. The van der Waals surface area contributed by atoms with Gasteiger partial charge in [-0.05, 0) is 17.7 Å². The second kappa shape index (κ2) is 5.20. The Balaban J connectivity index is 1.95. The molecule has 0 saturated carbocycles. The molecule has 1 aromatic heterocycles. The maximum atomic E-state index is 11.7.